The van der Waals surface area contributed by atoms with Crippen LogP contribution in [0.1, 0.15) is 39.5 Å². The lowest BCUT2D eigenvalue weighted by Crippen LogP contribution is -2.45. The van der Waals surface area contributed by atoms with Crippen molar-refractivity contribution in [3.63, 3.8) is 0 Å². The van der Waals surface area contributed by atoms with E-state index in [0.717, 1.165) is 45.3 Å². The van der Waals surface area contributed by atoms with Gasteiger partial charge in [0.05, 0.1) is 6.04 Å². The second-order valence-corrected chi connectivity index (χ2v) is 6.32. The van der Waals surface area contributed by atoms with Gasteiger partial charge in [0.1, 0.15) is 5.67 Å². The van der Waals surface area contributed by atoms with Crippen LogP contribution in [0.5, 0.6) is 0 Å². The topological polar surface area (TPSA) is 32.3 Å². The molecule has 0 spiro atoms. The van der Waals surface area contributed by atoms with E-state index in [4.69, 9.17) is 0 Å². The van der Waals surface area contributed by atoms with Crippen LogP contribution in [0.4, 0.5) is 4.39 Å². The van der Waals surface area contributed by atoms with E-state index < -0.39 is 5.67 Å². The molecular formula is C14H25FN2O. The molecule has 0 bridgehead atoms. The van der Waals surface area contributed by atoms with Crippen LogP contribution in [0.15, 0.2) is 0 Å². The molecule has 0 aromatic carbocycles. The maximum absolute atomic E-state index is 13.6. The summed E-state index contributed by atoms with van der Waals surface area (Å²) in [5.74, 6) is 0.589. The molecule has 4 heteroatoms. The van der Waals surface area contributed by atoms with E-state index in [0.29, 0.717) is 12.3 Å². The zero-order chi connectivity index (χ0) is 13.2. The van der Waals surface area contributed by atoms with Crippen LogP contribution in [0.25, 0.3) is 0 Å². The number of carbonyl (C=O) groups excluding carboxylic acids is 1. The SMILES string of the molecule is CC(C)(F)CN1CCC(C(=O)[C@@H]2CCCN2)CC1. The molecule has 0 aromatic rings. The Morgan fingerprint density at radius 1 is 1.33 bits per heavy atom. The van der Waals surface area contributed by atoms with E-state index in [9.17, 15) is 9.18 Å². The van der Waals surface area contributed by atoms with E-state index in [1.54, 1.807) is 13.8 Å². The van der Waals surface area contributed by atoms with Crippen LogP contribution in [-0.4, -0.2) is 48.6 Å². The van der Waals surface area contributed by atoms with Crippen molar-refractivity contribution in [1.82, 2.24) is 10.2 Å². The molecule has 104 valence electrons. The Morgan fingerprint density at radius 2 is 2.00 bits per heavy atom. The van der Waals surface area contributed by atoms with E-state index >= 15 is 0 Å². The first-order valence-electron chi connectivity index (χ1n) is 7.14. The highest BCUT2D eigenvalue weighted by Crippen LogP contribution is 2.23. The highest BCUT2D eigenvalue weighted by Gasteiger charge is 2.32. The molecule has 18 heavy (non-hydrogen) atoms. The number of nitrogens with one attached hydrogen (secondary N) is 1. The van der Waals surface area contributed by atoms with Crippen molar-refractivity contribution in [2.45, 2.75) is 51.2 Å². The number of carbonyl (C=O) groups is 1. The number of halogens is 1. The summed E-state index contributed by atoms with van der Waals surface area (Å²) >= 11 is 0. The smallest absolute Gasteiger partial charge is 0.152 e. The van der Waals surface area contributed by atoms with Gasteiger partial charge in [0.25, 0.3) is 0 Å². The van der Waals surface area contributed by atoms with Crippen molar-refractivity contribution in [3.05, 3.63) is 0 Å². The number of alkyl halides is 1. The summed E-state index contributed by atoms with van der Waals surface area (Å²) < 4.78 is 13.6. The molecule has 0 amide bonds. The highest BCUT2D eigenvalue weighted by molar-refractivity contribution is 5.86. The van der Waals surface area contributed by atoms with Gasteiger partial charge in [-0.1, -0.05) is 0 Å². The van der Waals surface area contributed by atoms with Gasteiger partial charge < -0.3 is 10.2 Å². The van der Waals surface area contributed by atoms with Gasteiger partial charge in [0, 0.05) is 12.5 Å². The predicted molar refractivity (Wildman–Crippen MR) is 70.4 cm³/mol. The summed E-state index contributed by atoms with van der Waals surface area (Å²) in [5, 5.41) is 3.28. The van der Waals surface area contributed by atoms with Crippen LogP contribution in [0.2, 0.25) is 0 Å². The van der Waals surface area contributed by atoms with Crippen molar-refractivity contribution in [2.24, 2.45) is 5.92 Å². The van der Waals surface area contributed by atoms with Gasteiger partial charge in [-0.2, -0.15) is 0 Å². The van der Waals surface area contributed by atoms with Crippen molar-refractivity contribution < 1.29 is 9.18 Å². The normalized spacial score (nSPS) is 27.6. The number of hydrogen-bond donors (Lipinski definition) is 1. The molecule has 0 aliphatic carbocycles. The number of Topliss-reactive ketones (excluding diaryl/α,β-unsaturated/α-hetero) is 1. The van der Waals surface area contributed by atoms with E-state index in [2.05, 4.69) is 10.2 Å². The monoisotopic (exact) mass is 256 g/mol. The van der Waals surface area contributed by atoms with E-state index in [1.165, 1.54) is 0 Å². The van der Waals surface area contributed by atoms with Crippen LogP contribution >= 0.6 is 0 Å². The zero-order valence-corrected chi connectivity index (χ0v) is 11.5. The van der Waals surface area contributed by atoms with Crippen LogP contribution in [0.3, 0.4) is 0 Å². The second-order valence-electron chi connectivity index (χ2n) is 6.32. The highest BCUT2D eigenvalue weighted by atomic mass is 19.1. The molecule has 2 fully saturated rings. The first-order chi connectivity index (χ1) is 8.46. The largest absolute Gasteiger partial charge is 0.307 e. The molecule has 0 unspecified atom stereocenters. The Kier molecular flexibility index (Phi) is 4.38. The molecular weight excluding hydrogens is 231 g/mol. The summed E-state index contributed by atoms with van der Waals surface area (Å²) in [5.41, 5.74) is -1.14. The molecule has 2 aliphatic rings. The number of hydrogen-bond acceptors (Lipinski definition) is 3. The minimum Gasteiger partial charge on any atom is -0.307 e. The molecule has 1 atom stereocenters. The maximum Gasteiger partial charge on any atom is 0.152 e. The lowest BCUT2D eigenvalue weighted by Gasteiger charge is -2.34. The molecule has 3 nitrogen and oxygen atoms in total. The van der Waals surface area contributed by atoms with E-state index in [-0.39, 0.29) is 12.0 Å². The van der Waals surface area contributed by atoms with Gasteiger partial charge in [0.15, 0.2) is 5.78 Å². The summed E-state index contributed by atoms with van der Waals surface area (Å²) in [6, 6.07) is 0.0965. The molecule has 2 rings (SSSR count). The Balaban J connectivity index is 1.77. The van der Waals surface area contributed by atoms with Crippen LogP contribution in [-0.2, 0) is 4.79 Å². The average Bonchev–Trinajstić information content (AvgIpc) is 2.80. The Labute approximate surface area is 109 Å². The zero-order valence-electron chi connectivity index (χ0n) is 11.5. The van der Waals surface area contributed by atoms with E-state index in [1.807, 2.05) is 0 Å². The third kappa shape index (κ3) is 3.75. The molecule has 1 N–H and O–H groups in total. The molecule has 2 heterocycles. The molecule has 0 radical (unpaired) electrons. The first-order valence-corrected chi connectivity index (χ1v) is 7.14. The van der Waals surface area contributed by atoms with Gasteiger partial charge in [-0.15, -0.1) is 0 Å². The lowest BCUT2D eigenvalue weighted by atomic mass is 9.88. The van der Waals surface area contributed by atoms with Crippen LogP contribution < -0.4 is 5.32 Å². The number of piperidine rings is 1. The fraction of sp³-hybridized carbons (Fsp3) is 0.929. The van der Waals surface area contributed by atoms with Gasteiger partial charge >= 0.3 is 0 Å². The minimum atomic E-state index is -1.14. The Bertz CT molecular complexity index is 287. The third-order valence-electron chi connectivity index (χ3n) is 3.99. The van der Waals surface area contributed by atoms with Gasteiger partial charge in [0.2, 0.25) is 0 Å². The fourth-order valence-corrected chi connectivity index (χ4v) is 3.12. The van der Waals surface area contributed by atoms with Crippen LogP contribution in [0, 0.1) is 5.92 Å². The lowest BCUT2D eigenvalue weighted by molar-refractivity contribution is -0.126. The maximum atomic E-state index is 13.6. The molecule has 0 aromatic heterocycles. The Hall–Kier alpha value is -0.480. The quantitative estimate of drug-likeness (QED) is 0.832. The average molecular weight is 256 g/mol. The van der Waals surface area contributed by atoms with Crippen molar-refractivity contribution in [1.29, 1.82) is 0 Å². The number of ketones is 1. The first kappa shape index (κ1) is 13.9. The fourth-order valence-electron chi connectivity index (χ4n) is 3.12. The van der Waals surface area contributed by atoms with Gasteiger partial charge in [-0.05, 0) is 59.2 Å². The number of rotatable bonds is 4. The molecule has 2 aliphatic heterocycles. The number of nitrogens with zero attached hydrogens (tertiary/aromatic N) is 1. The van der Waals surface area contributed by atoms with Gasteiger partial charge in [-0.25, -0.2) is 4.39 Å². The molecule has 2 saturated heterocycles. The standard InChI is InChI=1S/C14H25FN2O/c1-14(2,15)10-17-8-5-11(6-9-17)13(18)12-4-3-7-16-12/h11-12,16H,3-10H2,1-2H3/t12-/m0/s1. The van der Waals surface area contributed by atoms with Crippen molar-refractivity contribution in [2.75, 3.05) is 26.2 Å². The number of likely N-dealkylation sites (tertiary alicyclic amines) is 1. The van der Waals surface area contributed by atoms with Crippen molar-refractivity contribution in [3.8, 4) is 0 Å². The molecule has 0 saturated carbocycles. The second kappa shape index (κ2) is 5.66. The summed E-state index contributed by atoms with van der Waals surface area (Å²) in [7, 11) is 0. The predicted octanol–water partition coefficient (Wildman–Crippen LogP) is 1.77. The summed E-state index contributed by atoms with van der Waals surface area (Å²) in [4.78, 5) is 14.4. The van der Waals surface area contributed by atoms with Gasteiger partial charge in [-0.3, -0.25) is 4.79 Å². The summed E-state index contributed by atoms with van der Waals surface area (Å²) in [6.07, 6.45) is 3.90. The third-order valence-corrected chi connectivity index (χ3v) is 3.99. The minimum absolute atomic E-state index is 0.0965. The van der Waals surface area contributed by atoms with Crippen molar-refractivity contribution >= 4 is 5.78 Å². The summed E-state index contributed by atoms with van der Waals surface area (Å²) in [6.45, 7) is 6.41. The Morgan fingerprint density at radius 3 is 2.50 bits per heavy atom.